The van der Waals surface area contributed by atoms with Crippen LogP contribution in [-0.2, 0) is 6.54 Å². The first-order chi connectivity index (χ1) is 13.1. The van der Waals surface area contributed by atoms with Gasteiger partial charge in [-0.2, -0.15) is 0 Å². The molecule has 0 atom stereocenters. The molecule has 27 heavy (non-hydrogen) atoms. The first-order valence-electron chi connectivity index (χ1n) is 9.19. The van der Waals surface area contributed by atoms with Gasteiger partial charge in [0.2, 0.25) is 0 Å². The molecule has 2 aromatic carbocycles. The van der Waals surface area contributed by atoms with Crippen LogP contribution < -0.4 is 10.2 Å². The lowest BCUT2D eigenvalue weighted by Crippen LogP contribution is -2.23. The van der Waals surface area contributed by atoms with Crippen LogP contribution in [0.5, 0.6) is 0 Å². The molecule has 1 N–H and O–H groups in total. The van der Waals surface area contributed by atoms with Crippen molar-refractivity contribution >= 4 is 17.3 Å². The third kappa shape index (κ3) is 4.73. The Kier molecular flexibility index (Phi) is 5.87. The zero-order chi connectivity index (χ0) is 19.2. The summed E-state index contributed by atoms with van der Waals surface area (Å²) in [6, 6.07) is 18.2. The van der Waals surface area contributed by atoms with Crippen molar-refractivity contribution in [3.05, 3.63) is 89.2 Å². The number of benzene rings is 2. The molecule has 3 rings (SSSR count). The van der Waals surface area contributed by atoms with E-state index in [1.54, 1.807) is 12.4 Å². The maximum atomic E-state index is 12.7. The number of nitrogens with one attached hydrogen (secondary N) is 1. The molecule has 0 aliphatic heterocycles. The summed E-state index contributed by atoms with van der Waals surface area (Å²) >= 11 is 0. The highest BCUT2D eigenvalue weighted by atomic mass is 16.1. The Morgan fingerprint density at radius 3 is 2.56 bits per heavy atom. The molecule has 3 aromatic rings. The minimum Gasteiger partial charge on any atom is -0.366 e. The lowest BCUT2D eigenvalue weighted by molar-refractivity contribution is 0.102. The summed E-state index contributed by atoms with van der Waals surface area (Å²) in [7, 11) is 0. The van der Waals surface area contributed by atoms with Gasteiger partial charge < -0.3 is 10.2 Å². The summed E-state index contributed by atoms with van der Waals surface area (Å²) in [5.74, 6) is -0.145. The van der Waals surface area contributed by atoms with Crippen LogP contribution in [0, 0.1) is 13.8 Å². The van der Waals surface area contributed by atoms with E-state index in [4.69, 9.17) is 0 Å². The fourth-order valence-corrected chi connectivity index (χ4v) is 2.98. The topological polar surface area (TPSA) is 45.2 Å². The monoisotopic (exact) mass is 359 g/mol. The summed E-state index contributed by atoms with van der Waals surface area (Å²) < 4.78 is 0. The molecule has 0 saturated heterocycles. The summed E-state index contributed by atoms with van der Waals surface area (Å²) in [5.41, 5.74) is 5.71. The second kappa shape index (κ2) is 8.49. The van der Waals surface area contributed by atoms with E-state index in [1.165, 1.54) is 5.56 Å². The molecular weight excluding hydrogens is 334 g/mol. The minimum absolute atomic E-state index is 0.145. The predicted octanol–water partition coefficient (Wildman–Crippen LogP) is 4.98. The Morgan fingerprint density at radius 2 is 1.81 bits per heavy atom. The Bertz CT molecular complexity index is 922. The Morgan fingerprint density at radius 1 is 1.04 bits per heavy atom. The number of hydrogen-bond acceptors (Lipinski definition) is 3. The first kappa shape index (κ1) is 18.6. The van der Waals surface area contributed by atoms with Crippen molar-refractivity contribution in [1.82, 2.24) is 4.98 Å². The summed E-state index contributed by atoms with van der Waals surface area (Å²) in [6.07, 6.45) is 3.42. The number of pyridine rings is 1. The normalized spacial score (nSPS) is 10.5. The van der Waals surface area contributed by atoms with Crippen LogP contribution in [0.4, 0.5) is 11.4 Å². The van der Waals surface area contributed by atoms with E-state index in [0.29, 0.717) is 5.56 Å². The van der Waals surface area contributed by atoms with E-state index in [1.807, 2.05) is 56.3 Å². The van der Waals surface area contributed by atoms with Crippen LogP contribution in [0.1, 0.15) is 34.0 Å². The Balaban J connectivity index is 1.79. The lowest BCUT2D eigenvalue weighted by Gasteiger charge is -2.23. The standard InChI is InChI=1S/C23H25N3O/c1-4-26(16-19-8-6-5-7-9-19)21-13-20(14-24-15-21)23(27)25-22-12-17(2)10-11-18(22)3/h5-15H,4,16H2,1-3H3,(H,25,27). The number of carbonyl (C=O) groups is 1. The third-order valence-corrected chi connectivity index (χ3v) is 4.59. The van der Waals surface area contributed by atoms with Gasteiger partial charge in [-0.3, -0.25) is 9.78 Å². The van der Waals surface area contributed by atoms with Gasteiger partial charge in [0.15, 0.2) is 0 Å². The summed E-state index contributed by atoms with van der Waals surface area (Å²) in [6.45, 7) is 7.72. The fraction of sp³-hybridized carbons (Fsp3) is 0.217. The van der Waals surface area contributed by atoms with Gasteiger partial charge in [0.05, 0.1) is 17.4 Å². The van der Waals surface area contributed by atoms with E-state index in [-0.39, 0.29) is 5.91 Å². The maximum absolute atomic E-state index is 12.7. The molecule has 4 nitrogen and oxygen atoms in total. The first-order valence-corrected chi connectivity index (χ1v) is 9.19. The number of rotatable bonds is 6. The molecule has 0 saturated carbocycles. The van der Waals surface area contributed by atoms with E-state index >= 15 is 0 Å². The van der Waals surface area contributed by atoms with E-state index in [2.05, 4.69) is 34.3 Å². The van der Waals surface area contributed by atoms with Crippen molar-refractivity contribution in [3.63, 3.8) is 0 Å². The van der Waals surface area contributed by atoms with Crippen LogP contribution >= 0.6 is 0 Å². The molecule has 1 amide bonds. The highest BCUT2D eigenvalue weighted by Crippen LogP contribution is 2.20. The van der Waals surface area contributed by atoms with Crippen LogP contribution in [0.25, 0.3) is 0 Å². The van der Waals surface area contributed by atoms with Gasteiger partial charge in [0.1, 0.15) is 0 Å². The molecule has 0 fully saturated rings. The van der Waals surface area contributed by atoms with Gasteiger partial charge in [-0.15, -0.1) is 0 Å². The van der Waals surface area contributed by atoms with Crippen molar-refractivity contribution in [2.45, 2.75) is 27.3 Å². The van der Waals surface area contributed by atoms with Crippen molar-refractivity contribution in [2.24, 2.45) is 0 Å². The molecule has 0 unspecified atom stereocenters. The molecule has 1 aromatic heterocycles. The van der Waals surface area contributed by atoms with Gasteiger partial charge >= 0.3 is 0 Å². The maximum Gasteiger partial charge on any atom is 0.257 e. The molecule has 1 heterocycles. The lowest BCUT2D eigenvalue weighted by atomic mass is 10.1. The van der Waals surface area contributed by atoms with E-state index < -0.39 is 0 Å². The van der Waals surface area contributed by atoms with Gasteiger partial charge in [0.25, 0.3) is 5.91 Å². The van der Waals surface area contributed by atoms with E-state index in [0.717, 1.165) is 35.6 Å². The number of carbonyl (C=O) groups excluding carboxylic acids is 1. The highest BCUT2D eigenvalue weighted by molar-refractivity contribution is 6.05. The van der Waals surface area contributed by atoms with Crippen molar-refractivity contribution < 1.29 is 4.79 Å². The molecular formula is C23H25N3O. The average Bonchev–Trinajstić information content (AvgIpc) is 2.69. The SMILES string of the molecule is CCN(Cc1ccccc1)c1cncc(C(=O)Nc2cc(C)ccc2C)c1. The van der Waals surface area contributed by atoms with Crippen molar-refractivity contribution in [3.8, 4) is 0 Å². The average molecular weight is 359 g/mol. The zero-order valence-corrected chi connectivity index (χ0v) is 16.1. The molecule has 0 bridgehead atoms. The number of amides is 1. The van der Waals surface area contributed by atoms with Crippen molar-refractivity contribution in [2.75, 3.05) is 16.8 Å². The molecule has 0 spiro atoms. The molecule has 0 aliphatic carbocycles. The summed E-state index contributed by atoms with van der Waals surface area (Å²) in [4.78, 5) is 19.2. The second-order valence-corrected chi connectivity index (χ2v) is 6.70. The van der Waals surface area contributed by atoms with Gasteiger partial charge in [-0.25, -0.2) is 0 Å². The smallest absolute Gasteiger partial charge is 0.257 e. The van der Waals surface area contributed by atoms with Gasteiger partial charge in [-0.05, 0) is 49.6 Å². The quantitative estimate of drug-likeness (QED) is 0.675. The predicted molar refractivity (Wildman–Crippen MR) is 111 cm³/mol. The van der Waals surface area contributed by atoms with E-state index in [9.17, 15) is 4.79 Å². The second-order valence-electron chi connectivity index (χ2n) is 6.70. The van der Waals surface area contributed by atoms with Crippen LogP contribution in [0.3, 0.4) is 0 Å². The Hall–Kier alpha value is -3.14. The number of anilines is 2. The van der Waals surface area contributed by atoms with Crippen LogP contribution in [0.15, 0.2) is 67.0 Å². The molecule has 138 valence electrons. The molecule has 4 heteroatoms. The number of aromatic nitrogens is 1. The number of aryl methyl sites for hydroxylation is 2. The number of nitrogens with zero attached hydrogens (tertiary/aromatic N) is 2. The third-order valence-electron chi connectivity index (χ3n) is 4.59. The number of hydrogen-bond donors (Lipinski definition) is 1. The molecule has 0 aliphatic rings. The van der Waals surface area contributed by atoms with Gasteiger partial charge in [-0.1, -0.05) is 42.5 Å². The Labute approximate surface area is 160 Å². The van der Waals surface area contributed by atoms with Crippen molar-refractivity contribution in [1.29, 1.82) is 0 Å². The fourth-order valence-electron chi connectivity index (χ4n) is 2.98. The minimum atomic E-state index is -0.145. The van der Waals surface area contributed by atoms with Gasteiger partial charge in [0, 0.05) is 25.0 Å². The summed E-state index contributed by atoms with van der Waals surface area (Å²) in [5, 5.41) is 3.00. The zero-order valence-electron chi connectivity index (χ0n) is 16.1. The van der Waals surface area contributed by atoms with Crippen LogP contribution in [0.2, 0.25) is 0 Å². The largest absolute Gasteiger partial charge is 0.366 e. The molecule has 0 radical (unpaired) electrons. The van der Waals surface area contributed by atoms with Crippen LogP contribution in [-0.4, -0.2) is 17.4 Å². The highest BCUT2D eigenvalue weighted by Gasteiger charge is 2.12.